The Morgan fingerprint density at radius 1 is 1.03 bits per heavy atom. The van der Waals surface area contributed by atoms with Crippen LogP contribution in [-0.4, -0.2) is 41.8 Å². The van der Waals surface area contributed by atoms with Crippen molar-refractivity contribution in [1.82, 2.24) is 5.32 Å². The number of rotatable bonds is 6. The van der Waals surface area contributed by atoms with Crippen molar-refractivity contribution >= 4 is 32.6 Å². The Kier molecular flexibility index (Phi) is 6.10. The van der Waals surface area contributed by atoms with E-state index in [-0.39, 0.29) is 5.91 Å². The maximum absolute atomic E-state index is 13.0. The second-order valence-electron chi connectivity index (χ2n) is 8.08. The van der Waals surface area contributed by atoms with Gasteiger partial charge in [0.15, 0.2) is 0 Å². The van der Waals surface area contributed by atoms with Crippen molar-refractivity contribution in [2.45, 2.75) is 6.92 Å². The fraction of sp³-hybridized carbons (Fsp3) is 0.192. The fourth-order valence-electron chi connectivity index (χ4n) is 3.85. The molecule has 1 amide bonds. The van der Waals surface area contributed by atoms with Crippen LogP contribution in [0.4, 0.5) is 5.69 Å². The summed E-state index contributed by atoms with van der Waals surface area (Å²) < 4.78 is 37.7. The number of hydrogen-bond donors (Lipinski definition) is 1. The van der Waals surface area contributed by atoms with Gasteiger partial charge >= 0.3 is 0 Å². The first-order valence-electron chi connectivity index (χ1n) is 10.6. The summed E-state index contributed by atoms with van der Waals surface area (Å²) in [5.74, 6) is 0.754. The van der Waals surface area contributed by atoms with Crippen molar-refractivity contribution in [1.29, 1.82) is 0 Å². The molecule has 0 spiro atoms. The minimum atomic E-state index is -3.57. The van der Waals surface area contributed by atoms with E-state index in [9.17, 15) is 13.2 Å². The van der Waals surface area contributed by atoms with E-state index in [1.165, 1.54) is 11.4 Å². The molecule has 4 aromatic rings. The minimum absolute atomic E-state index is 0.296. The number of furan rings is 1. The van der Waals surface area contributed by atoms with E-state index in [2.05, 4.69) is 5.32 Å². The molecule has 0 radical (unpaired) electrons. The average Bonchev–Trinajstić information content (AvgIpc) is 3.20. The van der Waals surface area contributed by atoms with Crippen LogP contribution in [0.15, 0.2) is 65.1 Å². The van der Waals surface area contributed by atoms with Gasteiger partial charge in [0.1, 0.15) is 17.1 Å². The first-order chi connectivity index (χ1) is 16.1. The molecule has 1 N–H and O–H groups in total. The number of methoxy groups -OCH3 is 1. The molecule has 4 rings (SSSR count). The third kappa shape index (κ3) is 4.24. The highest BCUT2D eigenvalue weighted by Gasteiger charge is 2.25. The predicted octanol–water partition coefficient (Wildman–Crippen LogP) is 4.84. The Morgan fingerprint density at radius 2 is 1.74 bits per heavy atom. The smallest absolute Gasteiger partial charge is 0.255 e. The Morgan fingerprint density at radius 3 is 2.35 bits per heavy atom. The molecule has 8 heteroatoms. The number of benzene rings is 3. The highest BCUT2D eigenvalue weighted by molar-refractivity contribution is 7.92. The lowest BCUT2D eigenvalue weighted by molar-refractivity contribution is 0.0964. The van der Waals surface area contributed by atoms with Crippen molar-refractivity contribution in [3.05, 3.63) is 71.8 Å². The number of aryl methyl sites for hydroxylation is 1. The van der Waals surface area contributed by atoms with Gasteiger partial charge in [-0.1, -0.05) is 42.0 Å². The van der Waals surface area contributed by atoms with Crippen molar-refractivity contribution in [3.63, 3.8) is 0 Å². The van der Waals surface area contributed by atoms with Crippen molar-refractivity contribution in [2.75, 3.05) is 31.8 Å². The van der Waals surface area contributed by atoms with Crippen molar-refractivity contribution in [2.24, 2.45) is 0 Å². The van der Waals surface area contributed by atoms with Gasteiger partial charge in [-0.25, -0.2) is 8.42 Å². The van der Waals surface area contributed by atoms with Gasteiger partial charge in [0.25, 0.3) is 5.91 Å². The quantitative estimate of drug-likeness (QED) is 0.428. The molecule has 0 unspecified atom stereocenters. The zero-order chi connectivity index (χ0) is 24.6. The van der Waals surface area contributed by atoms with Crippen LogP contribution in [0.2, 0.25) is 0 Å². The molecule has 0 aliphatic rings. The molecule has 34 heavy (non-hydrogen) atoms. The lowest BCUT2D eigenvalue weighted by Crippen LogP contribution is -2.25. The number of anilines is 1. The standard InChI is InChI=1S/C26H26N2O5S/c1-16-9-11-17(12-10-16)25-24(26(29)27-2)21-14-20(18-7-6-8-19(13-18)32-4)22(15-23(21)33-25)28(3)34(5,30)31/h6-15H,1-5H3,(H,27,29). The fourth-order valence-corrected chi connectivity index (χ4v) is 4.36. The van der Waals surface area contributed by atoms with Crippen LogP contribution >= 0.6 is 0 Å². The van der Waals surface area contributed by atoms with Crippen molar-refractivity contribution < 1.29 is 22.4 Å². The number of ether oxygens (including phenoxy) is 1. The summed E-state index contributed by atoms with van der Waals surface area (Å²) in [5, 5.41) is 3.28. The number of nitrogens with one attached hydrogen (secondary N) is 1. The largest absolute Gasteiger partial charge is 0.497 e. The van der Waals surface area contributed by atoms with Gasteiger partial charge in [-0.3, -0.25) is 9.10 Å². The monoisotopic (exact) mass is 478 g/mol. The van der Waals surface area contributed by atoms with Crippen LogP contribution in [0.25, 0.3) is 33.4 Å². The molecule has 0 atom stereocenters. The van der Waals surface area contributed by atoms with Gasteiger partial charge in [0, 0.05) is 36.7 Å². The summed E-state index contributed by atoms with van der Waals surface area (Å²) >= 11 is 0. The molecule has 7 nitrogen and oxygen atoms in total. The third-order valence-corrected chi connectivity index (χ3v) is 6.98. The molecule has 0 fully saturated rings. The van der Waals surface area contributed by atoms with Gasteiger partial charge in [0.05, 0.1) is 24.6 Å². The third-order valence-electron chi connectivity index (χ3n) is 5.79. The number of fused-ring (bicyclic) bond motifs is 1. The number of hydrogen-bond acceptors (Lipinski definition) is 5. The Bertz CT molecular complexity index is 1490. The molecule has 1 aromatic heterocycles. The van der Waals surface area contributed by atoms with Gasteiger partial charge < -0.3 is 14.5 Å². The van der Waals surface area contributed by atoms with Crippen LogP contribution in [0.5, 0.6) is 5.75 Å². The van der Waals surface area contributed by atoms with E-state index in [0.717, 1.165) is 22.9 Å². The van der Waals surface area contributed by atoms with Gasteiger partial charge in [-0.05, 0) is 30.7 Å². The minimum Gasteiger partial charge on any atom is -0.497 e. The molecule has 0 saturated heterocycles. The second-order valence-corrected chi connectivity index (χ2v) is 10.1. The van der Waals surface area contributed by atoms with E-state index < -0.39 is 10.0 Å². The van der Waals surface area contributed by atoms with Crippen LogP contribution in [0, 0.1) is 6.92 Å². The molecule has 0 saturated carbocycles. The summed E-state index contributed by atoms with van der Waals surface area (Å²) in [7, 11) is 1.05. The number of nitrogens with zero attached hydrogens (tertiary/aromatic N) is 1. The normalized spacial score (nSPS) is 11.4. The zero-order valence-electron chi connectivity index (χ0n) is 19.7. The first kappa shape index (κ1) is 23.4. The second kappa shape index (κ2) is 8.87. The first-order valence-corrected chi connectivity index (χ1v) is 12.5. The Hall–Kier alpha value is -3.78. The number of sulfonamides is 1. The lowest BCUT2D eigenvalue weighted by Gasteiger charge is -2.21. The van der Waals surface area contributed by atoms with Gasteiger partial charge in [0.2, 0.25) is 10.0 Å². The average molecular weight is 479 g/mol. The number of carbonyl (C=O) groups excluding carboxylic acids is 1. The topological polar surface area (TPSA) is 88.9 Å². The Balaban J connectivity index is 2.08. The summed E-state index contributed by atoms with van der Waals surface area (Å²) in [6.45, 7) is 1.98. The van der Waals surface area contributed by atoms with E-state index in [1.54, 1.807) is 26.3 Å². The molecule has 1 heterocycles. The van der Waals surface area contributed by atoms with E-state index in [0.29, 0.717) is 39.3 Å². The zero-order valence-corrected chi connectivity index (χ0v) is 20.5. The van der Waals surface area contributed by atoms with Crippen LogP contribution in [0.3, 0.4) is 0 Å². The van der Waals surface area contributed by atoms with Crippen LogP contribution in [-0.2, 0) is 10.0 Å². The molecular formula is C26H26N2O5S. The molecule has 0 bridgehead atoms. The molecule has 0 aliphatic heterocycles. The van der Waals surface area contributed by atoms with Crippen molar-refractivity contribution in [3.8, 4) is 28.2 Å². The summed E-state index contributed by atoms with van der Waals surface area (Å²) in [6, 6.07) is 18.5. The summed E-state index contributed by atoms with van der Waals surface area (Å²) in [6.07, 6.45) is 1.14. The number of amides is 1. The SMILES string of the molecule is CNC(=O)c1c(-c2ccc(C)cc2)oc2cc(N(C)S(C)(=O)=O)c(-c3cccc(OC)c3)cc12. The maximum Gasteiger partial charge on any atom is 0.255 e. The van der Waals surface area contributed by atoms with Crippen LogP contribution in [0.1, 0.15) is 15.9 Å². The molecule has 3 aromatic carbocycles. The van der Waals surface area contributed by atoms with E-state index in [1.807, 2.05) is 55.5 Å². The maximum atomic E-state index is 13.0. The predicted molar refractivity (Wildman–Crippen MR) is 135 cm³/mol. The highest BCUT2D eigenvalue weighted by atomic mass is 32.2. The number of carbonyl (C=O) groups is 1. The van der Waals surface area contributed by atoms with Crippen LogP contribution < -0.4 is 14.4 Å². The summed E-state index contributed by atoms with van der Waals surface area (Å²) in [4.78, 5) is 13.0. The molecule has 176 valence electrons. The van der Waals surface area contributed by atoms with Gasteiger partial charge in [-0.15, -0.1) is 0 Å². The van der Waals surface area contributed by atoms with E-state index >= 15 is 0 Å². The Labute approximate surface area is 199 Å². The molecule has 0 aliphatic carbocycles. The molecular weight excluding hydrogens is 452 g/mol. The lowest BCUT2D eigenvalue weighted by atomic mass is 9.98. The van der Waals surface area contributed by atoms with Gasteiger partial charge in [-0.2, -0.15) is 0 Å². The summed E-state index contributed by atoms with van der Waals surface area (Å²) in [5.41, 5.74) is 4.43. The highest BCUT2D eigenvalue weighted by Crippen LogP contribution is 2.41. The van der Waals surface area contributed by atoms with E-state index in [4.69, 9.17) is 9.15 Å².